The van der Waals surface area contributed by atoms with E-state index in [2.05, 4.69) is 10.3 Å². The fraction of sp³-hybridized carbons (Fsp3) is 0.412. The fourth-order valence-corrected chi connectivity index (χ4v) is 2.91. The van der Waals surface area contributed by atoms with Gasteiger partial charge in [0.05, 0.1) is 7.11 Å². The SMILES string of the molecule is COC(=O)[C@@H](Cc1c[nH]c2ccccc12)NC(=O)[C@@H]1CCCO1. The molecule has 23 heavy (non-hydrogen) atoms. The number of hydrogen-bond acceptors (Lipinski definition) is 4. The molecule has 1 saturated heterocycles. The number of fused-ring (bicyclic) bond motifs is 1. The van der Waals surface area contributed by atoms with Crippen LogP contribution in [0.4, 0.5) is 0 Å². The lowest BCUT2D eigenvalue weighted by Gasteiger charge is -2.18. The lowest BCUT2D eigenvalue weighted by Crippen LogP contribution is -2.47. The van der Waals surface area contributed by atoms with Crippen molar-refractivity contribution >= 4 is 22.8 Å². The van der Waals surface area contributed by atoms with E-state index in [0.29, 0.717) is 19.4 Å². The highest BCUT2D eigenvalue weighted by Crippen LogP contribution is 2.20. The first-order valence-corrected chi connectivity index (χ1v) is 7.74. The molecule has 0 radical (unpaired) electrons. The summed E-state index contributed by atoms with van der Waals surface area (Å²) in [5, 5.41) is 3.80. The van der Waals surface area contributed by atoms with Gasteiger partial charge in [-0.25, -0.2) is 4.79 Å². The molecule has 6 heteroatoms. The van der Waals surface area contributed by atoms with Crippen molar-refractivity contribution in [2.45, 2.75) is 31.4 Å². The molecule has 1 amide bonds. The summed E-state index contributed by atoms with van der Waals surface area (Å²) < 4.78 is 10.2. The number of carbonyl (C=O) groups is 2. The molecule has 1 aromatic heterocycles. The Bertz CT molecular complexity index is 703. The molecule has 0 bridgehead atoms. The number of aromatic amines is 1. The zero-order chi connectivity index (χ0) is 16.2. The smallest absolute Gasteiger partial charge is 0.328 e. The number of benzene rings is 1. The predicted octanol–water partition coefficient (Wildman–Crippen LogP) is 1.55. The van der Waals surface area contributed by atoms with Gasteiger partial charge in [0, 0.05) is 30.1 Å². The van der Waals surface area contributed by atoms with E-state index in [0.717, 1.165) is 22.9 Å². The number of ether oxygens (including phenoxy) is 2. The van der Waals surface area contributed by atoms with Gasteiger partial charge in [0.2, 0.25) is 5.91 Å². The topological polar surface area (TPSA) is 80.4 Å². The first kappa shape index (κ1) is 15.6. The van der Waals surface area contributed by atoms with Crippen LogP contribution in [-0.2, 0) is 25.5 Å². The number of carbonyl (C=O) groups excluding carboxylic acids is 2. The second-order valence-electron chi connectivity index (χ2n) is 5.65. The lowest BCUT2D eigenvalue weighted by molar-refractivity contribution is -0.146. The van der Waals surface area contributed by atoms with Crippen molar-refractivity contribution < 1.29 is 19.1 Å². The number of methoxy groups -OCH3 is 1. The summed E-state index contributed by atoms with van der Waals surface area (Å²) in [4.78, 5) is 27.4. The van der Waals surface area contributed by atoms with Gasteiger partial charge in [-0.05, 0) is 24.5 Å². The van der Waals surface area contributed by atoms with Gasteiger partial charge in [0.1, 0.15) is 12.1 Å². The second kappa shape index (κ2) is 6.83. The Morgan fingerprint density at radius 1 is 1.43 bits per heavy atom. The average molecular weight is 316 g/mol. The number of rotatable bonds is 5. The summed E-state index contributed by atoms with van der Waals surface area (Å²) in [6, 6.07) is 7.11. The van der Waals surface area contributed by atoms with Crippen LogP contribution in [0.25, 0.3) is 10.9 Å². The molecule has 1 aromatic carbocycles. The third kappa shape index (κ3) is 3.37. The highest BCUT2D eigenvalue weighted by molar-refractivity contribution is 5.88. The van der Waals surface area contributed by atoms with Gasteiger partial charge in [0.15, 0.2) is 0 Å². The normalized spacial score (nSPS) is 18.7. The molecule has 0 aliphatic carbocycles. The van der Waals surface area contributed by atoms with E-state index in [9.17, 15) is 9.59 Å². The van der Waals surface area contributed by atoms with Crippen molar-refractivity contribution in [3.05, 3.63) is 36.0 Å². The highest BCUT2D eigenvalue weighted by atomic mass is 16.5. The number of nitrogens with one attached hydrogen (secondary N) is 2. The average Bonchev–Trinajstić information content (AvgIpc) is 3.23. The van der Waals surface area contributed by atoms with E-state index >= 15 is 0 Å². The summed E-state index contributed by atoms with van der Waals surface area (Å²) in [5.41, 5.74) is 1.96. The summed E-state index contributed by atoms with van der Waals surface area (Å²) in [5.74, 6) is -0.709. The highest BCUT2D eigenvalue weighted by Gasteiger charge is 2.29. The van der Waals surface area contributed by atoms with E-state index < -0.39 is 18.1 Å². The second-order valence-corrected chi connectivity index (χ2v) is 5.65. The lowest BCUT2D eigenvalue weighted by atomic mass is 10.0. The number of aromatic nitrogens is 1. The number of H-pyrrole nitrogens is 1. The molecule has 2 N–H and O–H groups in total. The largest absolute Gasteiger partial charge is 0.467 e. The molecule has 0 saturated carbocycles. The predicted molar refractivity (Wildman–Crippen MR) is 84.9 cm³/mol. The van der Waals surface area contributed by atoms with Gasteiger partial charge >= 0.3 is 5.97 Å². The standard InChI is InChI=1S/C17H20N2O4/c1-22-17(21)14(19-16(20)15-7-4-8-23-15)9-11-10-18-13-6-3-2-5-12(11)13/h2-3,5-6,10,14-15,18H,4,7-9H2,1H3,(H,19,20)/t14-,15+/m1/s1. The number of para-hydroxylation sites is 1. The fourth-order valence-electron chi connectivity index (χ4n) is 2.91. The Labute approximate surface area is 134 Å². The Kier molecular flexibility index (Phi) is 4.62. The molecule has 2 atom stereocenters. The van der Waals surface area contributed by atoms with Gasteiger partial charge in [0.25, 0.3) is 0 Å². The van der Waals surface area contributed by atoms with Gasteiger partial charge < -0.3 is 19.8 Å². The van der Waals surface area contributed by atoms with E-state index in [1.807, 2.05) is 30.5 Å². The molecule has 6 nitrogen and oxygen atoms in total. The molecule has 2 aromatic rings. The molecule has 1 fully saturated rings. The summed E-state index contributed by atoms with van der Waals surface area (Å²) in [6.45, 7) is 0.587. The van der Waals surface area contributed by atoms with Crippen molar-refractivity contribution in [1.29, 1.82) is 0 Å². The zero-order valence-electron chi connectivity index (χ0n) is 13.0. The molecule has 3 rings (SSSR count). The third-order valence-electron chi connectivity index (χ3n) is 4.12. The van der Waals surface area contributed by atoms with Gasteiger partial charge in [-0.1, -0.05) is 18.2 Å². The van der Waals surface area contributed by atoms with E-state index in [-0.39, 0.29) is 5.91 Å². The molecule has 1 aliphatic heterocycles. The van der Waals surface area contributed by atoms with E-state index in [4.69, 9.17) is 9.47 Å². The van der Waals surface area contributed by atoms with Crippen LogP contribution in [0.3, 0.4) is 0 Å². The van der Waals surface area contributed by atoms with Gasteiger partial charge in [-0.3, -0.25) is 4.79 Å². The van der Waals surface area contributed by atoms with Crippen LogP contribution in [0.1, 0.15) is 18.4 Å². The molecule has 2 heterocycles. The van der Waals surface area contributed by atoms with Crippen molar-refractivity contribution in [3.63, 3.8) is 0 Å². The van der Waals surface area contributed by atoms with Crippen molar-refractivity contribution in [1.82, 2.24) is 10.3 Å². The molecule has 122 valence electrons. The Balaban J connectivity index is 1.76. The maximum Gasteiger partial charge on any atom is 0.328 e. The molecule has 1 aliphatic rings. The van der Waals surface area contributed by atoms with Crippen LogP contribution in [0, 0.1) is 0 Å². The minimum absolute atomic E-state index is 0.252. The number of hydrogen-bond donors (Lipinski definition) is 2. The van der Waals surface area contributed by atoms with Crippen molar-refractivity contribution in [2.24, 2.45) is 0 Å². The maximum atomic E-state index is 12.2. The monoisotopic (exact) mass is 316 g/mol. The number of amides is 1. The Morgan fingerprint density at radius 3 is 3.00 bits per heavy atom. The van der Waals surface area contributed by atoms with E-state index in [1.165, 1.54) is 7.11 Å². The first-order chi connectivity index (χ1) is 11.2. The summed E-state index contributed by atoms with van der Waals surface area (Å²) in [6.07, 6.45) is 3.31. The first-order valence-electron chi connectivity index (χ1n) is 7.74. The van der Waals surface area contributed by atoms with Crippen LogP contribution >= 0.6 is 0 Å². The van der Waals surface area contributed by atoms with Gasteiger partial charge in [-0.2, -0.15) is 0 Å². The summed E-state index contributed by atoms with van der Waals surface area (Å²) in [7, 11) is 1.32. The molecular weight excluding hydrogens is 296 g/mol. The number of esters is 1. The van der Waals surface area contributed by atoms with Crippen LogP contribution in [0.2, 0.25) is 0 Å². The van der Waals surface area contributed by atoms with Crippen LogP contribution in [0.15, 0.2) is 30.5 Å². The minimum Gasteiger partial charge on any atom is -0.467 e. The van der Waals surface area contributed by atoms with Crippen LogP contribution in [0.5, 0.6) is 0 Å². The molecular formula is C17H20N2O4. The zero-order valence-corrected chi connectivity index (χ0v) is 13.0. The Morgan fingerprint density at radius 2 is 2.26 bits per heavy atom. The molecule has 0 unspecified atom stereocenters. The molecule has 0 spiro atoms. The van der Waals surface area contributed by atoms with Crippen molar-refractivity contribution in [2.75, 3.05) is 13.7 Å². The van der Waals surface area contributed by atoms with Gasteiger partial charge in [-0.15, -0.1) is 0 Å². The minimum atomic E-state index is -0.726. The van der Waals surface area contributed by atoms with Crippen molar-refractivity contribution in [3.8, 4) is 0 Å². The maximum absolute atomic E-state index is 12.2. The van der Waals surface area contributed by atoms with E-state index in [1.54, 1.807) is 0 Å². The van der Waals surface area contributed by atoms with Crippen LogP contribution in [-0.4, -0.2) is 42.7 Å². The van der Waals surface area contributed by atoms with Crippen LogP contribution < -0.4 is 5.32 Å². The summed E-state index contributed by atoms with van der Waals surface area (Å²) >= 11 is 0. The Hall–Kier alpha value is -2.34. The quantitative estimate of drug-likeness (QED) is 0.820. The third-order valence-corrected chi connectivity index (χ3v) is 4.12.